The molecule has 150 valence electrons. The van der Waals surface area contributed by atoms with Gasteiger partial charge in [0.15, 0.2) is 0 Å². The molecule has 2 aromatic rings. The van der Waals surface area contributed by atoms with Crippen molar-refractivity contribution in [2.45, 2.75) is 33.2 Å². The molecule has 28 heavy (non-hydrogen) atoms. The first-order valence-electron chi connectivity index (χ1n) is 9.38. The molecule has 1 fully saturated rings. The van der Waals surface area contributed by atoms with Gasteiger partial charge in [0.2, 0.25) is 11.8 Å². The van der Waals surface area contributed by atoms with Crippen LogP contribution in [0.4, 0.5) is 5.69 Å². The Morgan fingerprint density at radius 3 is 2.68 bits per heavy atom. The fraction of sp³-hybridized carbons (Fsp3) is 0.450. The van der Waals surface area contributed by atoms with Crippen LogP contribution >= 0.6 is 27.3 Å². The lowest BCUT2D eigenvalue weighted by molar-refractivity contribution is -0.128. The van der Waals surface area contributed by atoms with Crippen LogP contribution in [0.3, 0.4) is 0 Å². The van der Waals surface area contributed by atoms with E-state index >= 15 is 0 Å². The lowest BCUT2D eigenvalue weighted by Crippen LogP contribution is -2.42. The third kappa shape index (κ3) is 5.86. The van der Waals surface area contributed by atoms with Gasteiger partial charge in [0, 0.05) is 28.0 Å². The highest BCUT2D eigenvalue weighted by Crippen LogP contribution is 2.21. The fourth-order valence-corrected chi connectivity index (χ4v) is 4.42. The van der Waals surface area contributed by atoms with Crippen molar-refractivity contribution in [1.29, 1.82) is 0 Å². The van der Waals surface area contributed by atoms with Crippen LogP contribution in [0.1, 0.15) is 29.1 Å². The Hall–Kier alpha value is -1.77. The minimum absolute atomic E-state index is 0.00729. The maximum absolute atomic E-state index is 12.4. The second-order valence-corrected chi connectivity index (χ2v) is 9.11. The third-order valence-electron chi connectivity index (χ3n) is 4.90. The first-order valence-corrected chi connectivity index (χ1v) is 11.0. The number of nitrogens with zero attached hydrogens (tertiary/aromatic N) is 2. The quantitative estimate of drug-likeness (QED) is 0.685. The van der Waals surface area contributed by atoms with Crippen LogP contribution in [0, 0.1) is 19.8 Å². The molecule has 1 aliphatic heterocycles. The summed E-state index contributed by atoms with van der Waals surface area (Å²) in [5.74, 6) is -0.280. The highest BCUT2D eigenvalue weighted by atomic mass is 79.9. The standard InChI is InChI=1S/C20H25BrN4O2S/c1-13-9-16(21)3-4-18(13)24-19(26)10-22-20(27)15-5-7-25(8-6-15)11-17-12-28-14(2)23-17/h3-4,9,12,15H,5-8,10-11H2,1-2H3,(H,22,27)(H,24,26). The molecular formula is C20H25BrN4O2S. The molecular weight excluding hydrogens is 440 g/mol. The molecule has 1 saturated heterocycles. The Labute approximate surface area is 177 Å². The largest absolute Gasteiger partial charge is 0.347 e. The average molecular weight is 465 g/mol. The molecule has 1 aromatic carbocycles. The minimum atomic E-state index is -0.213. The third-order valence-corrected chi connectivity index (χ3v) is 6.21. The van der Waals surface area contributed by atoms with Crippen molar-refractivity contribution in [2.75, 3.05) is 25.0 Å². The van der Waals surface area contributed by atoms with E-state index in [-0.39, 0.29) is 24.3 Å². The van der Waals surface area contributed by atoms with Crippen LogP contribution in [0.15, 0.2) is 28.1 Å². The van der Waals surface area contributed by atoms with E-state index in [2.05, 4.69) is 41.8 Å². The van der Waals surface area contributed by atoms with Gasteiger partial charge in [0.25, 0.3) is 0 Å². The van der Waals surface area contributed by atoms with E-state index in [1.807, 2.05) is 32.0 Å². The number of piperidine rings is 1. The summed E-state index contributed by atoms with van der Waals surface area (Å²) in [7, 11) is 0. The molecule has 0 radical (unpaired) electrons. The maximum atomic E-state index is 12.4. The first kappa shape index (κ1) is 21.0. The number of hydrogen-bond acceptors (Lipinski definition) is 5. The predicted octanol–water partition coefficient (Wildman–Crippen LogP) is 3.49. The Balaban J connectivity index is 1.40. The summed E-state index contributed by atoms with van der Waals surface area (Å²) in [6.45, 7) is 6.52. The van der Waals surface area contributed by atoms with Gasteiger partial charge in [0.1, 0.15) is 0 Å². The van der Waals surface area contributed by atoms with Gasteiger partial charge in [-0.3, -0.25) is 14.5 Å². The van der Waals surface area contributed by atoms with Gasteiger partial charge in [-0.15, -0.1) is 11.3 Å². The van der Waals surface area contributed by atoms with E-state index in [1.54, 1.807) is 11.3 Å². The van der Waals surface area contributed by atoms with Crippen molar-refractivity contribution in [3.63, 3.8) is 0 Å². The molecule has 0 unspecified atom stereocenters. The van der Waals surface area contributed by atoms with Crippen LogP contribution in [-0.4, -0.2) is 41.3 Å². The lowest BCUT2D eigenvalue weighted by Gasteiger charge is -2.30. The number of aromatic nitrogens is 1. The van der Waals surface area contributed by atoms with E-state index in [1.165, 1.54) is 0 Å². The summed E-state index contributed by atoms with van der Waals surface area (Å²) in [6.07, 6.45) is 1.62. The van der Waals surface area contributed by atoms with Gasteiger partial charge >= 0.3 is 0 Å². The van der Waals surface area contributed by atoms with Gasteiger partial charge in [0.05, 0.1) is 17.2 Å². The summed E-state index contributed by atoms with van der Waals surface area (Å²) in [6, 6.07) is 5.66. The lowest BCUT2D eigenvalue weighted by atomic mass is 9.96. The first-order chi connectivity index (χ1) is 13.4. The normalized spacial score (nSPS) is 15.4. The molecule has 0 saturated carbocycles. The SMILES string of the molecule is Cc1nc(CN2CCC(C(=O)NCC(=O)Nc3ccc(Br)cc3C)CC2)cs1. The number of thiazole rings is 1. The fourth-order valence-electron chi connectivity index (χ4n) is 3.34. The number of likely N-dealkylation sites (tertiary alicyclic amines) is 1. The van der Waals surface area contributed by atoms with Gasteiger partial charge in [-0.25, -0.2) is 4.98 Å². The summed E-state index contributed by atoms with van der Waals surface area (Å²) < 4.78 is 0.965. The van der Waals surface area contributed by atoms with Crippen molar-refractivity contribution in [1.82, 2.24) is 15.2 Å². The summed E-state index contributed by atoms with van der Waals surface area (Å²) in [5, 5.41) is 8.81. The van der Waals surface area contributed by atoms with E-state index in [9.17, 15) is 9.59 Å². The summed E-state index contributed by atoms with van der Waals surface area (Å²) in [4.78, 5) is 31.4. The molecule has 1 aromatic heterocycles. The molecule has 2 N–H and O–H groups in total. The van der Waals surface area contributed by atoms with E-state index < -0.39 is 0 Å². The Morgan fingerprint density at radius 2 is 2.04 bits per heavy atom. The van der Waals surface area contributed by atoms with Crippen LogP contribution < -0.4 is 10.6 Å². The molecule has 0 atom stereocenters. The number of nitrogens with one attached hydrogen (secondary N) is 2. The molecule has 3 rings (SSSR count). The number of aryl methyl sites for hydroxylation is 2. The summed E-state index contributed by atoms with van der Waals surface area (Å²) >= 11 is 5.07. The highest BCUT2D eigenvalue weighted by Gasteiger charge is 2.25. The number of hydrogen-bond donors (Lipinski definition) is 2. The van der Waals surface area contributed by atoms with Crippen LogP contribution in [0.5, 0.6) is 0 Å². The average Bonchev–Trinajstić information content (AvgIpc) is 3.07. The zero-order valence-electron chi connectivity index (χ0n) is 16.1. The second kappa shape index (κ2) is 9.62. The van der Waals surface area contributed by atoms with Gasteiger partial charge < -0.3 is 10.6 Å². The van der Waals surface area contributed by atoms with Crippen molar-refractivity contribution in [3.05, 3.63) is 44.3 Å². The monoisotopic (exact) mass is 464 g/mol. The topological polar surface area (TPSA) is 74.3 Å². The van der Waals surface area contributed by atoms with E-state index in [4.69, 9.17) is 0 Å². The van der Waals surface area contributed by atoms with Gasteiger partial charge in [-0.2, -0.15) is 0 Å². The minimum Gasteiger partial charge on any atom is -0.347 e. The molecule has 0 spiro atoms. The number of amides is 2. The maximum Gasteiger partial charge on any atom is 0.243 e. The van der Waals surface area contributed by atoms with E-state index in [0.29, 0.717) is 0 Å². The van der Waals surface area contributed by atoms with Crippen molar-refractivity contribution in [2.24, 2.45) is 5.92 Å². The zero-order chi connectivity index (χ0) is 20.1. The molecule has 8 heteroatoms. The van der Waals surface area contributed by atoms with E-state index in [0.717, 1.165) is 58.9 Å². The Kier molecular flexibility index (Phi) is 7.20. The van der Waals surface area contributed by atoms with Crippen molar-refractivity contribution in [3.8, 4) is 0 Å². The summed E-state index contributed by atoms with van der Waals surface area (Å²) in [5.41, 5.74) is 2.83. The van der Waals surface area contributed by atoms with Gasteiger partial charge in [-0.05, 0) is 63.5 Å². The van der Waals surface area contributed by atoms with Crippen LogP contribution in [0.25, 0.3) is 0 Å². The Bertz CT molecular complexity index is 846. The van der Waals surface area contributed by atoms with Crippen molar-refractivity contribution >= 4 is 44.8 Å². The number of carbonyl (C=O) groups excluding carboxylic acids is 2. The highest BCUT2D eigenvalue weighted by molar-refractivity contribution is 9.10. The molecule has 0 aliphatic carbocycles. The number of anilines is 1. The smallest absolute Gasteiger partial charge is 0.243 e. The molecule has 2 amide bonds. The number of benzene rings is 1. The molecule has 2 heterocycles. The number of carbonyl (C=O) groups is 2. The van der Waals surface area contributed by atoms with Crippen molar-refractivity contribution < 1.29 is 9.59 Å². The van der Waals surface area contributed by atoms with Crippen LogP contribution in [0.2, 0.25) is 0 Å². The Morgan fingerprint density at radius 1 is 1.29 bits per heavy atom. The molecule has 6 nitrogen and oxygen atoms in total. The second-order valence-electron chi connectivity index (χ2n) is 7.13. The van der Waals surface area contributed by atoms with Gasteiger partial charge in [-0.1, -0.05) is 15.9 Å². The van der Waals surface area contributed by atoms with Crippen LogP contribution in [-0.2, 0) is 16.1 Å². The number of halogens is 1. The predicted molar refractivity (Wildman–Crippen MR) is 115 cm³/mol. The number of rotatable bonds is 6. The molecule has 0 bridgehead atoms. The molecule has 1 aliphatic rings. The zero-order valence-corrected chi connectivity index (χ0v) is 18.5.